The van der Waals surface area contributed by atoms with Gasteiger partial charge in [0.15, 0.2) is 5.03 Å². The second-order valence-electron chi connectivity index (χ2n) is 7.57. The lowest BCUT2D eigenvalue weighted by atomic mass is 10.1. The predicted octanol–water partition coefficient (Wildman–Crippen LogP) is 4.16. The van der Waals surface area contributed by atoms with Crippen LogP contribution in [0.25, 0.3) is 10.9 Å². The van der Waals surface area contributed by atoms with Gasteiger partial charge in [0, 0.05) is 21.8 Å². The molecule has 1 amide bonds. The fourth-order valence-corrected chi connectivity index (χ4v) is 4.93. The molecule has 0 saturated carbocycles. The quantitative estimate of drug-likeness (QED) is 0.266. The number of carbonyl (C=O) groups excluding carboxylic acids is 1. The van der Waals surface area contributed by atoms with Crippen LogP contribution in [0.4, 0.5) is 5.69 Å². The molecule has 34 heavy (non-hydrogen) atoms. The van der Waals surface area contributed by atoms with E-state index in [-0.39, 0.29) is 22.7 Å². The zero-order chi connectivity index (χ0) is 24.3. The van der Waals surface area contributed by atoms with Crippen LogP contribution in [0, 0.1) is 0 Å². The van der Waals surface area contributed by atoms with Crippen molar-refractivity contribution in [2.75, 3.05) is 4.72 Å². The Morgan fingerprint density at radius 3 is 2.38 bits per heavy atom. The molecular formula is C24H20BrN3O5S. The first-order chi connectivity index (χ1) is 16.2. The third-order valence-electron chi connectivity index (χ3n) is 5.15. The lowest BCUT2D eigenvalue weighted by molar-refractivity contribution is -0.139. The first kappa shape index (κ1) is 23.5. The van der Waals surface area contributed by atoms with Gasteiger partial charge in [0.25, 0.3) is 15.9 Å². The number of benzene rings is 3. The second-order valence-corrected chi connectivity index (χ2v) is 10.1. The Morgan fingerprint density at radius 1 is 0.971 bits per heavy atom. The maximum Gasteiger partial charge on any atom is 0.326 e. The van der Waals surface area contributed by atoms with Crippen LogP contribution in [0.3, 0.4) is 0 Å². The van der Waals surface area contributed by atoms with E-state index in [9.17, 15) is 23.1 Å². The number of aromatic amines is 1. The monoisotopic (exact) mass is 541 g/mol. The van der Waals surface area contributed by atoms with E-state index in [0.717, 1.165) is 10.9 Å². The number of nitrogens with one attached hydrogen (secondary N) is 3. The highest BCUT2D eigenvalue weighted by Crippen LogP contribution is 2.26. The molecule has 0 radical (unpaired) electrons. The number of hydrogen-bond acceptors (Lipinski definition) is 4. The zero-order valence-electron chi connectivity index (χ0n) is 17.7. The molecule has 4 N–H and O–H groups in total. The molecule has 0 spiro atoms. The maximum absolute atomic E-state index is 13.0. The van der Waals surface area contributed by atoms with Crippen molar-refractivity contribution in [3.05, 3.63) is 94.5 Å². The smallest absolute Gasteiger partial charge is 0.326 e. The summed E-state index contributed by atoms with van der Waals surface area (Å²) < 4.78 is 29.1. The minimum atomic E-state index is -4.06. The molecule has 4 aromatic rings. The molecule has 174 valence electrons. The number of hydrogen-bond donors (Lipinski definition) is 4. The van der Waals surface area contributed by atoms with Crippen LogP contribution in [0.2, 0.25) is 0 Å². The molecule has 0 aliphatic rings. The van der Waals surface area contributed by atoms with Crippen LogP contribution >= 0.6 is 15.9 Å². The van der Waals surface area contributed by atoms with Crippen molar-refractivity contribution in [3.63, 3.8) is 0 Å². The van der Waals surface area contributed by atoms with Crippen molar-refractivity contribution >= 4 is 54.4 Å². The average Bonchev–Trinajstić information content (AvgIpc) is 3.24. The number of sulfonamides is 1. The number of carbonyl (C=O) groups is 2. The van der Waals surface area contributed by atoms with Crippen molar-refractivity contribution in [1.82, 2.24) is 10.3 Å². The summed E-state index contributed by atoms with van der Waals surface area (Å²) in [5.74, 6) is -1.92. The average molecular weight is 542 g/mol. The van der Waals surface area contributed by atoms with Crippen molar-refractivity contribution in [2.24, 2.45) is 0 Å². The van der Waals surface area contributed by atoms with Crippen molar-refractivity contribution in [3.8, 4) is 0 Å². The number of carboxylic acids is 1. The van der Waals surface area contributed by atoms with Crippen LogP contribution in [-0.4, -0.2) is 36.4 Å². The van der Waals surface area contributed by atoms with Crippen molar-refractivity contribution < 1.29 is 23.1 Å². The number of fused-ring (bicyclic) bond motifs is 1. The fraction of sp³-hybridized carbons (Fsp3) is 0.0833. The van der Waals surface area contributed by atoms with Crippen molar-refractivity contribution in [2.45, 2.75) is 17.5 Å². The summed E-state index contributed by atoms with van der Waals surface area (Å²) in [5, 5.41) is 12.8. The predicted molar refractivity (Wildman–Crippen MR) is 132 cm³/mol. The van der Waals surface area contributed by atoms with E-state index in [1.807, 2.05) is 6.07 Å². The molecule has 1 aromatic heterocycles. The van der Waals surface area contributed by atoms with Gasteiger partial charge in [0.05, 0.1) is 11.3 Å². The van der Waals surface area contributed by atoms with Crippen molar-refractivity contribution in [1.29, 1.82) is 0 Å². The van der Waals surface area contributed by atoms with Crippen LogP contribution in [0.1, 0.15) is 15.9 Å². The number of anilines is 1. The lowest BCUT2D eigenvalue weighted by Crippen LogP contribution is -2.42. The Labute approximate surface area is 204 Å². The molecule has 0 fully saturated rings. The Balaban J connectivity index is 1.60. The summed E-state index contributed by atoms with van der Waals surface area (Å²) in [6.45, 7) is 0. The van der Waals surface area contributed by atoms with E-state index < -0.39 is 27.9 Å². The lowest BCUT2D eigenvalue weighted by Gasteiger charge is -2.17. The SMILES string of the molecule is O=C(NC(Cc1ccccc1)C(=O)O)c1ccc(Br)cc1NS(=O)(=O)c1cc2ccccc2[nH]1. The van der Waals surface area contributed by atoms with E-state index >= 15 is 0 Å². The molecular weight excluding hydrogens is 522 g/mol. The zero-order valence-corrected chi connectivity index (χ0v) is 20.1. The highest BCUT2D eigenvalue weighted by atomic mass is 79.9. The van der Waals surface area contributed by atoms with Gasteiger partial charge in [-0.15, -0.1) is 0 Å². The number of para-hydroxylation sites is 1. The highest BCUT2D eigenvalue weighted by Gasteiger charge is 2.25. The Kier molecular flexibility index (Phi) is 6.71. The second kappa shape index (κ2) is 9.70. The van der Waals surface area contributed by atoms with E-state index in [4.69, 9.17) is 0 Å². The number of aliphatic carboxylic acids is 1. The third-order valence-corrected chi connectivity index (χ3v) is 6.93. The molecule has 8 nitrogen and oxygen atoms in total. The Morgan fingerprint density at radius 2 is 1.68 bits per heavy atom. The van der Waals surface area contributed by atoms with Gasteiger partial charge in [-0.05, 0) is 35.9 Å². The first-order valence-corrected chi connectivity index (χ1v) is 12.5. The standard InChI is InChI=1S/C24H20BrN3O5S/c25-17-10-11-18(23(29)27-21(24(30)31)12-15-6-2-1-3-7-15)20(14-17)28-34(32,33)22-13-16-8-4-5-9-19(16)26-22/h1-11,13-14,21,26,28H,12H2,(H,27,29)(H,30,31). The van der Waals surface area contributed by atoms with Gasteiger partial charge in [0.2, 0.25) is 0 Å². The minimum Gasteiger partial charge on any atom is -0.480 e. The first-order valence-electron chi connectivity index (χ1n) is 10.2. The van der Waals surface area contributed by atoms with Gasteiger partial charge in [-0.2, -0.15) is 8.42 Å². The number of halogens is 1. The largest absolute Gasteiger partial charge is 0.480 e. The maximum atomic E-state index is 13.0. The van der Waals surface area contributed by atoms with Gasteiger partial charge in [-0.3, -0.25) is 9.52 Å². The molecule has 0 bridgehead atoms. The summed E-state index contributed by atoms with van der Waals surface area (Å²) in [7, 11) is -4.06. The third kappa shape index (κ3) is 5.29. The highest BCUT2D eigenvalue weighted by molar-refractivity contribution is 9.10. The molecule has 0 aliphatic heterocycles. The molecule has 0 aliphatic carbocycles. The Hall–Kier alpha value is -3.63. The summed E-state index contributed by atoms with van der Waals surface area (Å²) in [5.41, 5.74) is 1.39. The number of H-pyrrole nitrogens is 1. The summed E-state index contributed by atoms with van der Waals surface area (Å²) in [6.07, 6.45) is 0.0779. The van der Waals surface area contributed by atoms with Crippen LogP contribution in [0.5, 0.6) is 0 Å². The molecule has 1 atom stereocenters. The number of amides is 1. The molecule has 1 heterocycles. The molecule has 1 unspecified atom stereocenters. The van der Waals surface area contributed by atoms with Gasteiger partial charge >= 0.3 is 5.97 Å². The van der Waals surface area contributed by atoms with E-state index in [1.165, 1.54) is 18.2 Å². The summed E-state index contributed by atoms with van der Waals surface area (Å²) in [4.78, 5) is 27.6. The van der Waals surface area contributed by atoms with Gasteiger partial charge in [-0.25, -0.2) is 4.79 Å². The molecule has 4 rings (SSSR count). The molecule has 3 aromatic carbocycles. The topological polar surface area (TPSA) is 128 Å². The van der Waals surface area contributed by atoms with Crippen LogP contribution in [0.15, 0.2) is 88.4 Å². The molecule has 0 saturated heterocycles. The summed E-state index contributed by atoms with van der Waals surface area (Å²) in [6, 6.07) is 20.8. The molecule has 10 heteroatoms. The van der Waals surface area contributed by atoms with Gasteiger partial charge in [-0.1, -0.05) is 64.5 Å². The number of rotatable bonds is 8. The van der Waals surface area contributed by atoms with E-state index in [1.54, 1.807) is 54.6 Å². The van der Waals surface area contributed by atoms with Gasteiger partial charge in [0.1, 0.15) is 6.04 Å². The van der Waals surface area contributed by atoms with E-state index in [0.29, 0.717) is 9.99 Å². The number of aromatic nitrogens is 1. The van der Waals surface area contributed by atoms with Crippen LogP contribution < -0.4 is 10.0 Å². The van der Waals surface area contributed by atoms with Crippen LogP contribution in [-0.2, 0) is 21.2 Å². The Bertz CT molecular complexity index is 1440. The fourth-order valence-electron chi connectivity index (χ4n) is 3.48. The minimum absolute atomic E-state index is 0.00869. The van der Waals surface area contributed by atoms with Gasteiger partial charge < -0.3 is 15.4 Å². The van der Waals surface area contributed by atoms with E-state index in [2.05, 4.69) is 31.0 Å². The normalized spacial score (nSPS) is 12.3. The summed E-state index contributed by atoms with van der Waals surface area (Å²) >= 11 is 3.29. The number of carboxylic acid groups (broad SMARTS) is 1.